The molecule has 0 saturated carbocycles. The molecule has 5 rings (SSSR count). The lowest BCUT2D eigenvalue weighted by molar-refractivity contribution is 0.262. The van der Waals surface area contributed by atoms with Crippen molar-refractivity contribution in [2.45, 2.75) is 33.1 Å². The van der Waals surface area contributed by atoms with Crippen LogP contribution in [-0.4, -0.2) is 20.8 Å². The fraction of sp³-hybridized carbons (Fsp3) is 0.167. The van der Waals surface area contributed by atoms with Crippen LogP contribution in [0.25, 0.3) is 16.5 Å². The van der Waals surface area contributed by atoms with E-state index in [0.717, 1.165) is 27.7 Å². The molecular formula is C30H29N5O2. The van der Waals surface area contributed by atoms with Crippen molar-refractivity contribution in [2.75, 3.05) is 10.6 Å². The number of anilines is 2. The van der Waals surface area contributed by atoms with Crippen molar-refractivity contribution < 1.29 is 9.53 Å². The number of aryl methyl sites for hydroxylation is 1. The van der Waals surface area contributed by atoms with E-state index in [-0.39, 0.29) is 11.4 Å². The number of benzene rings is 3. The number of amides is 2. The molecule has 2 heterocycles. The lowest BCUT2D eigenvalue weighted by atomic mass is 9.92. The van der Waals surface area contributed by atoms with E-state index in [2.05, 4.69) is 36.4 Å². The lowest BCUT2D eigenvalue weighted by Gasteiger charge is -2.14. The van der Waals surface area contributed by atoms with Crippen molar-refractivity contribution >= 4 is 28.3 Å². The highest BCUT2D eigenvalue weighted by atomic mass is 16.5. The SMILES string of the molecule is Cc1ccc(-n2nc(C(C)(C)C)cc2NC(=O)Nc2ccc(Oc3ccncc3)c3ccccc23)cc1. The van der Waals surface area contributed by atoms with Gasteiger partial charge < -0.3 is 10.1 Å². The number of nitrogens with one attached hydrogen (secondary N) is 2. The lowest BCUT2D eigenvalue weighted by Crippen LogP contribution is -2.21. The van der Waals surface area contributed by atoms with E-state index in [4.69, 9.17) is 9.84 Å². The van der Waals surface area contributed by atoms with Gasteiger partial charge in [-0.15, -0.1) is 0 Å². The van der Waals surface area contributed by atoms with Gasteiger partial charge in [-0.2, -0.15) is 5.10 Å². The second-order valence-corrected chi connectivity index (χ2v) is 9.93. The van der Waals surface area contributed by atoms with Crippen LogP contribution in [0.2, 0.25) is 0 Å². The molecule has 0 radical (unpaired) electrons. The van der Waals surface area contributed by atoms with Crippen LogP contribution in [0.3, 0.4) is 0 Å². The number of ether oxygens (including phenoxy) is 1. The second-order valence-electron chi connectivity index (χ2n) is 9.93. The van der Waals surface area contributed by atoms with Crippen LogP contribution in [0.15, 0.2) is 91.3 Å². The summed E-state index contributed by atoms with van der Waals surface area (Å²) in [7, 11) is 0. The Morgan fingerprint density at radius 2 is 1.57 bits per heavy atom. The summed E-state index contributed by atoms with van der Waals surface area (Å²) in [4.78, 5) is 17.2. The van der Waals surface area contributed by atoms with Gasteiger partial charge in [-0.3, -0.25) is 10.3 Å². The molecule has 7 heteroatoms. The molecule has 2 N–H and O–H groups in total. The van der Waals surface area contributed by atoms with Gasteiger partial charge >= 0.3 is 6.03 Å². The highest BCUT2D eigenvalue weighted by Gasteiger charge is 2.22. The van der Waals surface area contributed by atoms with Gasteiger partial charge in [0, 0.05) is 34.6 Å². The molecule has 5 aromatic rings. The Bertz CT molecular complexity index is 1550. The number of fused-ring (bicyclic) bond motifs is 1. The normalized spacial score (nSPS) is 11.4. The van der Waals surface area contributed by atoms with E-state index in [0.29, 0.717) is 23.0 Å². The average molecular weight is 492 g/mol. The fourth-order valence-electron chi connectivity index (χ4n) is 3.99. The predicted octanol–water partition coefficient (Wildman–Crippen LogP) is 7.46. The van der Waals surface area contributed by atoms with Crippen molar-refractivity contribution in [2.24, 2.45) is 0 Å². The molecule has 37 heavy (non-hydrogen) atoms. The minimum atomic E-state index is -0.360. The molecular weight excluding hydrogens is 462 g/mol. The van der Waals surface area contributed by atoms with E-state index >= 15 is 0 Å². The Morgan fingerprint density at radius 3 is 2.27 bits per heavy atom. The minimum absolute atomic E-state index is 0.177. The van der Waals surface area contributed by atoms with Crippen LogP contribution in [0.5, 0.6) is 11.5 Å². The van der Waals surface area contributed by atoms with Gasteiger partial charge in [0.2, 0.25) is 0 Å². The van der Waals surface area contributed by atoms with Crippen LogP contribution < -0.4 is 15.4 Å². The summed E-state index contributed by atoms with van der Waals surface area (Å²) in [5.41, 5.74) is 3.41. The Labute approximate surface area is 216 Å². The molecule has 0 aliphatic heterocycles. The minimum Gasteiger partial charge on any atom is -0.457 e. The van der Waals surface area contributed by atoms with Gasteiger partial charge in [0.25, 0.3) is 0 Å². The van der Waals surface area contributed by atoms with Crippen molar-refractivity contribution in [3.8, 4) is 17.2 Å². The van der Waals surface area contributed by atoms with Crippen LogP contribution >= 0.6 is 0 Å². The highest BCUT2D eigenvalue weighted by molar-refractivity contribution is 6.07. The fourth-order valence-corrected chi connectivity index (χ4v) is 3.99. The van der Waals surface area contributed by atoms with Crippen LogP contribution in [0.1, 0.15) is 32.0 Å². The van der Waals surface area contributed by atoms with Crippen molar-refractivity contribution in [3.05, 3.63) is 103 Å². The van der Waals surface area contributed by atoms with Crippen LogP contribution in [0, 0.1) is 6.92 Å². The molecule has 0 saturated heterocycles. The number of urea groups is 1. The molecule has 0 atom stereocenters. The van der Waals surface area contributed by atoms with Crippen LogP contribution in [0.4, 0.5) is 16.3 Å². The van der Waals surface area contributed by atoms with E-state index in [1.54, 1.807) is 29.2 Å². The molecule has 2 aromatic heterocycles. The Hall–Kier alpha value is -4.65. The maximum atomic E-state index is 13.2. The molecule has 3 aromatic carbocycles. The Morgan fingerprint density at radius 1 is 0.865 bits per heavy atom. The Kier molecular flexibility index (Phi) is 6.36. The van der Waals surface area contributed by atoms with Gasteiger partial charge in [-0.05, 0) is 43.3 Å². The van der Waals surface area contributed by atoms with E-state index in [9.17, 15) is 4.79 Å². The first-order valence-electron chi connectivity index (χ1n) is 12.1. The summed E-state index contributed by atoms with van der Waals surface area (Å²) in [6.45, 7) is 8.33. The smallest absolute Gasteiger partial charge is 0.324 e. The summed E-state index contributed by atoms with van der Waals surface area (Å²) < 4.78 is 7.84. The molecule has 0 spiro atoms. The molecule has 186 valence electrons. The van der Waals surface area contributed by atoms with E-state index in [1.807, 2.05) is 73.7 Å². The van der Waals surface area contributed by atoms with Crippen molar-refractivity contribution in [1.82, 2.24) is 14.8 Å². The maximum Gasteiger partial charge on any atom is 0.324 e. The first-order chi connectivity index (χ1) is 17.8. The number of hydrogen-bond donors (Lipinski definition) is 2. The first kappa shape index (κ1) is 24.1. The highest BCUT2D eigenvalue weighted by Crippen LogP contribution is 2.34. The molecule has 0 unspecified atom stereocenters. The largest absolute Gasteiger partial charge is 0.457 e. The monoisotopic (exact) mass is 491 g/mol. The Balaban J connectivity index is 1.43. The zero-order valence-corrected chi connectivity index (χ0v) is 21.3. The zero-order valence-electron chi connectivity index (χ0n) is 21.3. The molecule has 0 fully saturated rings. The number of carbonyl (C=O) groups excluding carboxylic acids is 1. The maximum absolute atomic E-state index is 13.2. The van der Waals surface area contributed by atoms with Gasteiger partial charge in [0.1, 0.15) is 17.3 Å². The standard InChI is InChI=1S/C30H29N5O2/c1-20-9-11-21(12-10-20)35-28(19-27(34-35)30(2,3)4)33-29(36)32-25-13-14-26(24-8-6-5-7-23(24)25)37-22-15-17-31-18-16-22/h5-19H,1-4H3,(H2,32,33,36). The molecule has 2 amide bonds. The summed E-state index contributed by atoms with van der Waals surface area (Å²) in [5, 5.41) is 12.5. The first-order valence-corrected chi connectivity index (χ1v) is 12.1. The summed E-state index contributed by atoms with van der Waals surface area (Å²) in [5.74, 6) is 1.98. The number of nitrogens with zero attached hydrogens (tertiary/aromatic N) is 3. The third kappa shape index (κ3) is 5.30. The predicted molar refractivity (Wildman–Crippen MR) is 148 cm³/mol. The van der Waals surface area contributed by atoms with Gasteiger partial charge in [0.15, 0.2) is 0 Å². The summed E-state index contributed by atoms with van der Waals surface area (Å²) in [6.07, 6.45) is 3.37. The van der Waals surface area contributed by atoms with Gasteiger partial charge in [0.05, 0.1) is 17.1 Å². The van der Waals surface area contributed by atoms with Gasteiger partial charge in [-0.1, -0.05) is 62.7 Å². The zero-order chi connectivity index (χ0) is 26.0. The van der Waals surface area contributed by atoms with Gasteiger partial charge in [-0.25, -0.2) is 9.48 Å². The number of aromatic nitrogens is 3. The summed E-state index contributed by atoms with van der Waals surface area (Å²) >= 11 is 0. The molecule has 7 nitrogen and oxygen atoms in total. The second kappa shape index (κ2) is 9.78. The van der Waals surface area contributed by atoms with E-state index in [1.165, 1.54) is 0 Å². The summed E-state index contributed by atoms with van der Waals surface area (Å²) in [6, 6.07) is 24.7. The third-order valence-corrected chi connectivity index (χ3v) is 6.01. The number of hydrogen-bond acceptors (Lipinski definition) is 4. The quantitative estimate of drug-likeness (QED) is 0.267. The third-order valence-electron chi connectivity index (χ3n) is 6.01. The van der Waals surface area contributed by atoms with Crippen molar-refractivity contribution in [3.63, 3.8) is 0 Å². The topological polar surface area (TPSA) is 81.1 Å². The van der Waals surface area contributed by atoms with Crippen molar-refractivity contribution in [1.29, 1.82) is 0 Å². The van der Waals surface area contributed by atoms with E-state index < -0.39 is 0 Å². The number of pyridine rings is 1. The average Bonchev–Trinajstić information content (AvgIpc) is 3.31. The number of carbonyl (C=O) groups is 1. The molecule has 0 aliphatic carbocycles. The number of rotatable bonds is 5. The van der Waals surface area contributed by atoms with Crippen LogP contribution in [-0.2, 0) is 5.41 Å². The molecule has 0 bridgehead atoms. The molecule has 0 aliphatic rings.